The summed E-state index contributed by atoms with van der Waals surface area (Å²) in [5.41, 5.74) is 6.36. The highest BCUT2D eigenvalue weighted by atomic mass is 16.5. The molecule has 5 heteroatoms. The molecule has 28 heavy (non-hydrogen) atoms. The number of aromatic nitrogens is 2. The monoisotopic (exact) mass is 377 g/mol. The minimum absolute atomic E-state index is 0.0376. The van der Waals surface area contributed by atoms with Gasteiger partial charge in [-0.05, 0) is 24.1 Å². The van der Waals surface area contributed by atoms with E-state index in [1.807, 2.05) is 18.2 Å². The Morgan fingerprint density at radius 1 is 1.00 bits per heavy atom. The van der Waals surface area contributed by atoms with Crippen LogP contribution < -0.4 is 4.74 Å². The number of rotatable bonds is 6. The number of aliphatic hydroxyl groups excluding tert-OH is 1. The Hall–Kier alpha value is -2.63. The largest absolute Gasteiger partial charge is 0.491 e. The summed E-state index contributed by atoms with van der Waals surface area (Å²) in [7, 11) is 2.06. The second kappa shape index (κ2) is 8.59. The Bertz CT molecular complexity index is 904. The molecule has 1 aliphatic heterocycles. The Morgan fingerprint density at radius 3 is 2.50 bits per heavy atom. The molecule has 0 bridgehead atoms. The second-order valence-corrected chi connectivity index (χ2v) is 7.26. The lowest BCUT2D eigenvalue weighted by atomic mass is 10.0. The van der Waals surface area contributed by atoms with Crippen molar-refractivity contribution >= 4 is 0 Å². The van der Waals surface area contributed by atoms with Gasteiger partial charge in [0.2, 0.25) is 0 Å². The standard InChI is InChI=1S/C23H27N3O2/c1-25-22-12-14-26(17-18-7-9-20(10-8-18)28-16-15-27)13-11-21(22)23(24-25)19-5-3-2-4-6-19/h2-10,27H,11-17H2,1H3. The van der Waals surface area contributed by atoms with Crippen molar-refractivity contribution in [2.24, 2.45) is 7.05 Å². The van der Waals surface area contributed by atoms with E-state index >= 15 is 0 Å². The van der Waals surface area contributed by atoms with Crippen molar-refractivity contribution in [2.45, 2.75) is 19.4 Å². The Morgan fingerprint density at radius 2 is 1.75 bits per heavy atom. The van der Waals surface area contributed by atoms with Crippen LogP contribution in [0, 0.1) is 0 Å². The molecule has 0 saturated carbocycles. The van der Waals surface area contributed by atoms with E-state index in [2.05, 4.69) is 53.0 Å². The van der Waals surface area contributed by atoms with Gasteiger partial charge in [0.15, 0.2) is 0 Å². The van der Waals surface area contributed by atoms with E-state index in [4.69, 9.17) is 14.9 Å². The van der Waals surface area contributed by atoms with Crippen LogP contribution in [0.4, 0.5) is 0 Å². The molecule has 1 aromatic heterocycles. The number of aliphatic hydroxyl groups is 1. The molecular formula is C23H27N3O2. The van der Waals surface area contributed by atoms with Crippen molar-refractivity contribution in [2.75, 3.05) is 26.3 Å². The molecule has 146 valence electrons. The third kappa shape index (κ3) is 4.11. The van der Waals surface area contributed by atoms with Gasteiger partial charge < -0.3 is 9.84 Å². The fraction of sp³-hybridized carbons (Fsp3) is 0.348. The first kappa shape index (κ1) is 18.7. The van der Waals surface area contributed by atoms with Crippen molar-refractivity contribution < 1.29 is 9.84 Å². The van der Waals surface area contributed by atoms with E-state index in [0.717, 1.165) is 43.9 Å². The highest BCUT2D eigenvalue weighted by molar-refractivity contribution is 5.64. The molecule has 0 atom stereocenters. The fourth-order valence-corrected chi connectivity index (χ4v) is 3.92. The molecule has 0 spiro atoms. The van der Waals surface area contributed by atoms with Gasteiger partial charge in [0.05, 0.1) is 12.3 Å². The van der Waals surface area contributed by atoms with Gasteiger partial charge in [0.25, 0.3) is 0 Å². The van der Waals surface area contributed by atoms with Crippen molar-refractivity contribution in [1.29, 1.82) is 0 Å². The summed E-state index contributed by atoms with van der Waals surface area (Å²) < 4.78 is 7.51. The van der Waals surface area contributed by atoms with Gasteiger partial charge in [-0.1, -0.05) is 42.5 Å². The van der Waals surface area contributed by atoms with Crippen molar-refractivity contribution in [3.05, 3.63) is 71.4 Å². The fourth-order valence-electron chi connectivity index (χ4n) is 3.92. The molecule has 1 N–H and O–H groups in total. The molecule has 2 aromatic carbocycles. The van der Waals surface area contributed by atoms with E-state index < -0.39 is 0 Å². The SMILES string of the molecule is Cn1nc(-c2ccccc2)c2c1CCN(Cc1ccc(OCCO)cc1)CC2. The van der Waals surface area contributed by atoms with Gasteiger partial charge in [-0.3, -0.25) is 9.58 Å². The van der Waals surface area contributed by atoms with Crippen LogP contribution in [0.5, 0.6) is 5.75 Å². The van der Waals surface area contributed by atoms with Crippen LogP contribution in [-0.4, -0.2) is 46.1 Å². The minimum Gasteiger partial charge on any atom is -0.491 e. The third-order valence-electron chi connectivity index (χ3n) is 5.35. The summed E-state index contributed by atoms with van der Waals surface area (Å²) in [6.45, 7) is 3.37. The van der Waals surface area contributed by atoms with Gasteiger partial charge in [-0.15, -0.1) is 0 Å². The number of benzene rings is 2. The average Bonchev–Trinajstić information content (AvgIpc) is 2.90. The van der Waals surface area contributed by atoms with Crippen LogP contribution in [0.3, 0.4) is 0 Å². The van der Waals surface area contributed by atoms with Crippen LogP contribution in [0.25, 0.3) is 11.3 Å². The average molecular weight is 377 g/mol. The Kier molecular flexibility index (Phi) is 5.74. The maximum Gasteiger partial charge on any atom is 0.119 e. The summed E-state index contributed by atoms with van der Waals surface area (Å²) in [4.78, 5) is 2.51. The molecule has 1 aliphatic rings. The lowest BCUT2D eigenvalue weighted by Gasteiger charge is -2.20. The molecule has 4 rings (SSSR count). The number of hydrogen-bond donors (Lipinski definition) is 1. The van der Waals surface area contributed by atoms with Crippen LogP contribution in [0.2, 0.25) is 0 Å². The molecule has 2 heterocycles. The summed E-state index contributed by atoms with van der Waals surface area (Å²) in [5, 5.41) is 13.7. The zero-order valence-corrected chi connectivity index (χ0v) is 16.3. The molecule has 0 aliphatic carbocycles. The highest BCUT2D eigenvalue weighted by Crippen LogP contribution is 2.28. The van der Waals surface area contributed by atoms with E-state index in [0.29, 0.717) is 6.61 Å². The summed E-state index contributed by atoms with van der Waals surface area (Å²) in [6.07, 6.45) is 2.04. The van der Waals surface area contributed by atoms with Gasteiger partial charge >= 0.3 is 0 Å². The van der Waals surface area contributed by atoms with Gasteiger partial charge in [0, 0.05) is 49.9 Å². The normalized spacial score (nSPS) is 14.5. The maximum absolute atomic E-state index is 8.86. The van der Waals surface area contributed by atoms with E-state index in [-0.39, 0.29) is 6.61 Å². The quantitative estimate of drug-likeness (QED) is 0.717. The van der Waals surface area contributed by atoms with Crippen LogP contribution >= 0.6 is 0 Å². The Balaban J connectivity index is 1.45. The summed E-state index contributed by atoms with van der Waals surface area (Å²) in [6, 6.07) is 18.7. The first-order valence-electron chi connectivity index (χ1n) is 9.89. The summed E-state index contributed by atoms with van der Waals surface area (Å²) >= 11 is 0. The minimum atomic E-state index is 0.0376. The zero-order chi connectivity index (χ0) is 19.3. The van der Waals surface area contributed by atoms with E-state index in [9.17, 15) is 0 Å². The summed E-state index contributed by atoms with van der Waals surface area (Å²) in [5.74, 6) is 0.805. The van der Waals surface area contributed by atoms with E-state index in [1.54, 1.807) is 0 Å². The lowest BCUT2D eigenvalue weighted by Crippen LogP contribution is -2.26. The molecule has 0 saturated heterocycles. The number of fused-ring (bicyclic) bond motifs is 1. The Labute approximate surface area is 166 Å². The first-order valence-corrected chi connectivity index (χ1v) is 9.89. The second-order valence-electron chi connectivity index (χ2n) is 7.26. The van der Waals surface area contributed by atoms with Crippen LogP contribution in [0.1, 0.15) is 16.8 Å². The molecule has 5 nitrogen and oxygen atoms in total. The smallest absolute Gasteiger partial charge is 0.119 e. The molecule has 0 fully saturated rings. The van der Waals surface area contributed by atoms with Crippen molar-refractivity contribution in [3.8, 4) is 17.0 Å². The molecular weight excluding hydrogens is 350 g/mol. The molecule has 0 unspecified atom stereocenters. The topological polar surface area (TPSA) is 50.5 Å². The van der Waals surface area contributed by atoms with Crippen molar-refractivity contribution in [3.63, 3.8) is 0 Å². The molecule has 0 radical (unpaired) electrons. The van der Waals surface area contributed by atoms with E-state index in [1.165, 1.54) is 22.4 Å². The van der Waals surface area contributed by atoms with Gasteiger partial charge in [-0.2, -0.15) is 5.10 Å². The predicted molar refractivity (Wildman–Crippen MR) is 110 cm³/mol. The molecule has 0 amide bonds. The number of nitrogens with zero attached hydrogens (tertiary/aromatic N) is 3. The zero-order valence-electron chi connectivity index (χ0n) is 16.3. The predicted octanol–water partition coefficient (Wildman–Crippen LogP) is 3.06. The van der Waals surface area contributed by atoms with Crippen LogP contribution in [-0.2, 0) is 26.4 Å². The van der Waals surface area contributed by atoms with Crippen LogP contribution in [0.15, 0.2) is 54.6 Å². The van der Waals surface area contributed by atoms with Crippen molar-refractivity contribution in [1.82, 2.24) is 14.7 Å². The number of hydrogen-bond acceptors (Lipinski definition) is 4. The molecule has 3 aromatic rings. The number of aryl methyl sites for hydroxylation is 1. The number of ether oxygens (including phenoxy) is 1. The third-order valence-corrected chi connectivity index (χ3v) is 5.35. The highest BCUT2D eigenvalue weighted by Gasteiger charge is 2.22. The first-order chi connectivity index (χ1) is 13.7. The maximum atomic E-state index is 8.86. The lowest BCUT2D eigenvalue weighted by molar-refractivity contribution is 0.201. The van der Waals surface area contributed by atoms with Gasteiger partial charge in [0.1, 0.15) is 12.4 Å². The van der Waals surface area contributed by atoms with Gasteiger partial charge in [-0.25, -0.2) is 0 Å².